The second kappa shape index (κ2) is 6.06. The van der Waals surface area contributed by atoms with Crippen molar-refractivity contribution >= 4 is 29.1 Å². The van der Waals surface area contributed by atoms with Crippen LogP contribution in [0, 0.1) is 5.82 Å². The molecule has 1 unspecified atom stereocenters. The topological polar surface area (TPSA) is 29.1 Å². The molecule has 1 amide bonds. The van der Waals surface area contributed by atoms with E-state index >= 15 is 0 Å². The average Bonchev–Trinajstić information content (AvgIpc) is 2.29. The summed E-state index contributed by atoms with van der Waals surface area (Å²) in [6.07, 6.45) is 0.736. The van der Waals surface area contributed by atoms with Crippen LogP contribution in [0.1, 0.15) is 23.7 Å². The first-order chi connectivity index (χ1) is 7.56. The molecule has 0 heterocycles. The molecule has 0 spiro atoms. The van der Waals surface area contributed by atoms with Gasteiger partial charge < -0.3 is 5.32 Å². The summed E-state index contributed by atoms with van der Waals surface area (Å²) in [6, 6.07) is 4.30. The summed E-state index contributed by atoms with van der Waals surface area (Å²) in [4.78, 5) is 11.6. The molecule has 88 valence electrons. The molecule has 1 rings (SSSR count). The molecule has 5 heteroatoms. The largest absolute Gasteiger partial charge is 0.350 e. The standard InChI is InChI=1S/C11H12Cl2FNO/c1-2-7(12)6-15-11(16)8-4-3-5-9(13)10(8)14/h3-5,7H,2,6H2,1H3,(H,15,16). The Balaban J connectivity index is 2.70. The van der Waals surface area contributed by atoms with Crippen molar-refractivity contribution in [3.8, 4) is 0 Å². The molecule has 0 saturated heterocycles. The Morgan fingerprint density at radius 3 is 2.88 bits per heavy atom. The Hall–Kier alpha value is -0.800. The van der Waals surface area contributed by atoms with Crippen LogP contribution < -0.4 is 5.32 Å². The second-order valence-corrected chi connectivity index (χ2v) is 4.34. The minimum atomic E-state index is -0.704. The van der Waals surface area contributed by atoms with Gasteiger partial charge in [-0.3, -0.25) is 4.79 Å². The number of halogens is 3. The minimum absolute atomic E-state index is 0.0625. The maximum atomic E-state index is 13.4. The van der Waals surface area contributed by atoms with Gasteiger partial charge in [-0.05, 0) is 18.6 Å². The maximum Gasteiger partial charge on any atom is 0.254 e. The third kappa shape index (κ3) is 3.35. The smallest absolute Gasteiger partial charge is 0.254 e. The number of hydrogen-bond acceptors (Lipinski definition) is 1. The van der Waals surface area contributed by atoms with Crippen molar-refractivity contribution in [1.82, 2.24) is 5.32 Å². The highest BCUT2D eigenvalue weighted by molar-refractivity contribution is 6.31. The van der Waals surface area contributed by atoms with Gasteiger partial charge in [-0.25, -0.2) is 4.39 Å². The average molecular weight is 264 g/mol. The molecule has 0 bridgehead atoms. The molecular weight excluding hydrogens is 252 g/mol. The van der Waals surface area contributed by atoms with Gasteiger partial charge in [-0.2, -0.15) is 0 Å². The molecule has 0 aliphatic rings. The lowest BCUT2D eigenvalue weighted by Gasteiger charge is -2.09. The van der Waals surface area contributed by atoms with Gasteiger partial charge in [-0.15, -0.1) is 11.6 Å². The van der Waals surface area contributed by atoms with Crippen LogP contribution in [-0.4, -0.2) is 17.8 Å². The van der Waals surface area contributed by atoms with Gasteiger partial charge in [0.05, 0.1) is 16.0 Å². The number of hydrogen-bond donors (Lipinski definition) is 1. The van der Waals surface area contributed by atoms with Crippen molar-refractivity contribution in [3.05, 3.63) is 34.6 Å². The second-order valence-electron chi connectivity index (χ2n) is 3.32. The van der Waals surface area contributed by atoms with E-state index in [0.717, 1.165) is 6.42 Å². The van der Waals surface area contributed by atoms with E-state index in [1.54, 1.807) is 0 Å². The lowest BCUT2D eigenvalue weighted by Crippen LogP contribution is -2.30. The van der Waals surface area contributed by atoms with Crippen LogP contribution in [0.2, 0.25) is 5.02 Å². The number of alkyl halides is 1. The molecule has 0 aliphatic heterocycles. The predicted octanol–water partition coefficient (Wildman–Crippen LogP) is 3.23. The monoisotopic (exact) mass is 263 g/mol. The highest BCUT2D eigenvalue weighted by Crippen LogP contribution is 2.17. The lowest BCUT2D eigenvalue weighted by atomic mass is 10.2. The molecule has 0 aliphatic carbocycles. The molecule has 0 saturated carbocycles. The van der Waals surface area contributed by atoms with Crippen molar-refractivity contribution < 1.29 is 9.18 Å². The Bertz CT molecular complexity index is 384. The first kappa shape index (κ1) is 13.3. The van der Waals surface area contributed by atoms with Crippen LogP contribution >= 0.6 is 23.2 Å². The van der Waals surface area contributed by atoms with E-state index in [2.05, 4.69) is 5.32 Å². The summed E-state index contributed by atoms with van der Waals surface area (Å²) in [5.74, 6) is -1.21. The van der Waals surface area contributed by atoms with Gasteiger partial charge in [-0.1, -0.05) is 24.6 Å². The van der Waals surface area contributed by atoms with Crippen molar-refractivity contribution in [1.29, 1.82) is 0 Å². The molecule has 1 aromatic carbocycles. The molecular formula is C11H12Cl2FNO. The van der Waals surface area contributed by atoms with E-state index in [9.17, 15) is 9.18 Å². The predicted molar refractivity (Wildman–Crippen MR) is 63.7 cm³/mol. The van der Waals surface area contributed by atoms with Crippen LogP contribution in [0.15, 0.2) is 18.2 Å². The molecule has 2 nitrogen and oxygen atoms in total. The van der Waals surface area contributed by atoms with Gasteiger partial charge in [0, 0.05) is 6.54 Å². The normalized spacial score (nSPS) is 12.2. The molecule has 16 heavy (non-hydrogen) atoms. The Morgan fingerprint density at radius 1 is 1.56 bits per heavy atom. The molecule has 1 aromatic rings. The zero-order valence-electron chi connectivity index (χ0n) is 8.77. The van der Waals surface area contributed by atoms with Crippen LogP contribution in [0.5, 0.6) is 0 Å². The van der Waals surface area contributed by atoms with E-state index < -0.39 is 11.7 Å². The van der Waals surface area contributed by atoms with Gasteiger partial charge in [0.25, 0.3) is 5.91 Å². The lowest BCUT2D eigenvalue weighted by molar-refractivity contribution is 0.0949. The fraction of sp³-hybridized carbons (Fsp3) is 0.364. The Morgan fingerprint density at radius 2 is 2.25 bits per heavy atom. The van der Waals surface area contributed by atoms with E-state index in [4.69, 9.17) is 23.2 Å². The summed E-state index contributed by atoms with van der Waals surface area (Å²) in [5, 5.41) is 2.34. The van der Waals surface area contributed by atoms with Crippen molar-refractivity contribution in [2.45, 2.75) is 18.7 Å². The number of nitrogens with one attached hydrogen (secondary N) is 1. The third-order valence-corrected chi connectivity index (χ3v) is 2.88. The summed E-state index contributed by atoms with van der Waals surface area (Å²) in [7, 11) is 0. The first-order valence-electron chi connectivity index (χ1n) is 4.92. The summed E-state index contributed by atoms with van der Waals surface area (Å²) in [6.45, 7) is 2.21. The van der Waals surface area contributed by atoms with Crippen LogP contribution in [0.25, 0.3) is 0 Å². The number of amides is 1. The summed E-state index contributed by atoms with van der Waals surface area (Å²) < 4.78 is 13.4. The van der Waals surface area contributed by atoms with Crippen LogP contribution in [-0.2, 0) is 0 Å². The Kier molecular flexibility index (Phi) is 5.03. The number of rotatable bonds is 4. The third-order valence-electron chi connectivity index (χ3n) is 2.12. The maximum absolute atomic E-state index is 13.4. The minimum Gasteiger partial charge on any atom is -0.350 e. The fourth-order valence-electron chi connectivity index (χ4n) is 1.12. The number of carbonyl (C=O) groups is 1. The molecule has 0 radical (unpaired) electrons. The summed E-state index contributed by atoms with van der Waals surface area (Å²) in [5.41, 5.74) is -0.0625. The highest BCUT2D eigenvalue weighted by atomic mass is 35.5. The molecule has 0 fully saturated rings. The van der Waals surface area contributed by atoms with Gasteiger partial charge >= 0.3 is 0 Å². The summed E-state index contributed by atoms with van der Waals surface area (Å²) >= 11 is 11.4. The zero-order chi connectivity index (χ0) is 12.1. The van der Waals surface area contributed by atoms with Gasteiger partial charge in [0.1, 0.15) is 0 Å². The van der Waals surface area contributed by atoms with Crippen LogP contribution in [0.3, 0.4) is 0 Å². The van der Waals surface area contributed by atoms with E-state index in [1.807, 2.05) is 6.92 Å². The van der Waals surface area contributed by atoms with E-state index in [0.29, 0.717) is 6.54 Å². The fourth-order valence-corrected chi connectivity index (χ4v) is 1.37. The van der Waals surface area contributed by atoms with Crippen molar-refractivity contribution in [2.75, 3.05) is 6.54 Å². The highest BCUT2D eigenvalue weighted by Gasteiger charge is 2.14. The van der Waals surface area contributed by atoms with Gasteiger partial charge in [0.2, 0.25) is 0 Å². The van der Waals surface area contributed by atoms with Gasteiger partial charge in [0.15, 0.2) is 5.82 Å². The first-order valence-corrected chi connectivity index (χ1v) is 5.74. The number of carbonyl (C=O) groups excluding carboxylic acids is 1. The zero-order valence-corrected chi connectivity index (χ0v) is 10.3. The molecule has 1 atom stereocenters. The van der Waals surface area contributed by atoms with Crippen molar-refractivity contribution in [3.63, 3.8) is 0 Å². The van der Waals surface area contributed by atoms with E-state index in [1.165, 1.54) is 18.2 Å². The molecule has 0 aromatic heterocycles. The quantitative estimate of drug-likeness (QED) is 0.831. The SMILES string of the molecule is CCC(Cl)CNC(=O)c1cccc(Cl)c1F. The van der Waals surface area contributed by atoms with E-state index in [-0.39, 0.29) is 16.0 Å². The number of benzene rings is 1. The molecule has 1 N–H and O–H groups in total. The Labute approximate surface area is 104 Å². The van der Waals surface area contributed by atoms with Crippen molar-refractivity contribution in [2.24, 2.45) is 0 Å². The van der Waals surface area contributed by atoms with Crippen LogP contribution in [0.4, 0.5) is 4.39 Å².